The molecule has 0 aliphatic carbocycles. The van der Waals surface area contributed by atoms with Crippen LogP contribution < -0.4 is 4.74 Å². The van der Waals surface area contributed by atoms with Crippen LogP contribution in [0.15, 0.2) is 40.9 Å². The molecular formula is C13H9BrN2O5. The van der Waals surface area contributed by atoms with Gasteiger partial charge in [-0.2, -0.15) is 0 Å². The molecule has 0 bridgehead atoms. The van der Waals surface area contributed by atoms with Gasteiger partial charge in [-0.25, -0.2) is 9.78 Å². The van der Waals surface area contributed by atoms with Crippen LogP contribution in [-0.2, 0) is 6.61 Å². The van der Waals surface area contributed by atoms with Crippen molar-refractivity contribution in [3.63, 3.8) is 0 Å². The second-order valence-electron chi connectivity index (χ2n) is 3.98. The third-order valence-electron chi connectivity index (χ3n) is 2.52. The van der Waals surface area contributed by atoms with Crippen LogP contribution >= 0.6 is 15.9 Å². The zero-order chi connectivity index (χ0) is 15.4. The second kappa shape index (κ2) is 6.31. The first-order valence-electron chi connectivity index (χ1n) is 5.73. The van der Waals surface area contributed by atoms with Crippen molar-refractivity contribution in [3.8, 4) is 5.75 Å². The number of carboxylic acids is 1. The summed E-state index contributed by atoms with van der Waals surface area (Å²) in [6.45, 7) is -0.0659. The number of carboxylic acid groups (broad SMARTS) is 1. The largest absolute Gasteiger partial charge is 0.480 e. The van der Waals surface area contributed by atoms with Crippen LogP contribution in [0.3, 0.4) is 0 Å². The molecule has 0 atom stereocenters. The van der Waals surface area contributed by atoms with Crippen molar-refractivity contribution < 1.29 is 19.6 Å². The Hall–Kier alpha value is -2.48. The topological polar surface area (TPSA) is 103 Å². The molecule has 7 nitrogen and oxygen atoms in total. The van der Waals surface area contributed by atoms with Gasteiger partial charge in [-0.1, -0.05) is 22.0 Å². The lowest BCUT2D eigenvalue weighted by atomic mass is 10.3. The van der Waals surface area contributed by atoms with E-state index in [4.69, 9.17) is 9.84 Å². The molecule has 0 spiro atoms. The predicted octanol–water partition coefficient (Wildman–Crippen LogP) is 3.03. The van der Waals surface area contributed by atoms with Crippen LogP contribution in [0, 0.1) is 10.1 Å². The first-order valence-corrected chi connectivity index (χ1v) is 6.52. The fourth-order valence-electron chi connectivity index (χ4n) is 1.59. The van der Waals surface area contributed by atoms with E-state index in [2.05, 4.69) is 20.9 Å². The van der Waals surface area contributed by atoms with Crippen molar-refractivity contribution in [2.75, 3.05) is 0 Å². The van der Waals surface area contributed by atoms with Gasteiger partial charge in [0.2, 0.25) is 0 Å². The molecule has 0 unspecified atom stereocenters. The maximum atomic E-state index is 10.9. The number of nitrogens with zero attached hydrogens (tertiary/aromatic N) is 2. The highest BCUT2D eigenvalue weighted by Crippen LogP contribution is 2.30. The van der Waals surface area contributed by atoms with E-state index in [1.165, 1.54) is 24.3 Å². The number of benzene rings is 1. The van der Waals surface area contributed by atoms with E-state index in [0.717, 1.165) is 0 Å². The summed E-state index contributed by atoms with van der Waals surface area (Å²) in [4.78, 5) is 25.1. The maximum Gasteiger partial charge on any atom is 0.354 e. The first-order chi connectivity index (χ1) is 9.97. The quantitative estimate of drug-likeness (QED) is 0.655. The summed E-state index contributed by atoms with van der Waals surface area (Å²) in [5, 5.41) is 19.8. The van der Waals surface area contributed by atoms with Crippen LogP contribution in [0.2, 0.25) is 0 Å². The van der Waals surface area contributed by atoms with E-state index >= 15 is 0 Å². The molecule has 1 N–H and O–H groups in total. The first kappa shape index (κ1) is 14.9. The number of carbonyl (C=O) groups is 1. The number of aromatic nitrogens is 1. The molecule has 0 aliphatic rings. The molecule has 0 radical (unpaired) electrons. The SMILES string of the molecule is O=C(O)c1cccc(COc2ccc(Br)cc2[N+](=O)[O-])n1. The van der Waals surface area contributed by atoms with E-state index in [0.29, 0.717) is 10.2 Å². The van der Waals surface area contributed by atoms with Crippen LogP contribution in [0.4, 0.5) is 5.69 Å². The van der Waals surface area contributed by atoms with E-state index in [-0.39, 0.29) is 23.7 Å². The minimum Gasteiger partial charge on any atom is -0.480 e. The molecule has 0 fully saturated rings. The van der Waals surface area contributed by atoms with Crippen molar-refractivity contribution in [1.82, 2.24) is 4.98 Å². The lowest BCUT2D eigenvalue weighted by Crippen LogP contribution is -2.05. The average molecular weight is 353 g/mol. The Bertz CT molecular complexity index is 705. The number of hydrogen-bond donors (Lipinski definition) is 1. The van der Waals surface area contributed by atoms with E-state index in [1.54, 1.807) is 12.1 Å². The van der Waals surface area contributed by atoms with Gasteiger partial charge in [0, 0.05) is 10.5 Å². The van der Waals surface area contributed by atoms with E-state index in [1.807, 2.05) is 0 Å². The molecule has 1 aromatic heterocycles. The summed E-state index contributed by atoms with van der Waals surface area (Å²) in [5.41, 5.74) is 0.0762. The van der Waals surface area contributed by atoms with Gasteiger partial charge in [-0.05, 0) is 24.3 Å². The molecule has 2 aromatic rings. The Kier molecular flexibility index (Phi) is 4.49. The number of ether oxygens (including phenoxy) is 1. The van der Waals surface area contributed by atoms with Gasteiger partial charge >= 0.3 is 11.7 Å². The van der Waals surface area contributed by atoms with Crippen LogP contribution in [-0.4, -0.2) is 21.0 Å². The molecule has 21 heavy (non-hydrogen) atoms. The highest BCUT2D eigenvalue weighted by molar-refractivity contribution is 9.10. The van der Waals surface area contributed by atoms with Crippen molar-refractivity contribution in [1.29, 1.82) is 0 Å². The van der Waals surface area contributed by atoms with Gasteiger partial charge in [0.1, 0.15) is 12.3 Å². The van der Waals surface area contributed by atoms with Crippen molar-refractivity contribution in [2.24, 2.45) is 0 Å². The van der Waals surface area contributed by atoms with Gasteiger partial charge in [-0.3, -0.25) is 10.1 Å². The predicted molar refractivity (Wildman–Crippen MR) is 76.3 cm³/mol. The number of halogens is 1. The summed E-state index contributed by atoms with van der Waals surface area (Å²) in [5.74, 6) is -1.06. The molecule has 1 heterocycles. The number of hydrogen-bond acceptors (Lipinski definition) is 5. The monoisotopic (exact) mass is 352 g/mol. The molecule has 1 aromatic carbocycles. The number of pyridine rings is 1. The number of rotatable bonds is 5. The summed E-state index contributed by atoms with van der Waals surface area (Å²) in [6.07, 6.45) is 0. The highest BCUT2D eigenvalue weighted by atomic mass is 79.9. The van der Waals surface area contributed by atoms with Crippen molar-refractivity contribution in [3.05, 3.63) is 62.4 Å². The smallest absolute Gasteiger partial charge is 0.354 e. The van der Waals surface area contributed by atoms with Crippen molar-refractivity contribution >= 4 is 27.6 Å². The fourth-order valence-corrected chi connectivity index (χ4v) is 1.94. The number of aromatic carboxylic acids is 1. The zero-order valence-electron chi connectivity index (χ0n) is 10.5. The summed E-state index contributed by atoms with van der Waals surface area (Å²) >= 11 is 3.15. The van der Waals surface area contributed by atoms with Crippen LogP contribution in [0.25, 0.3) is 0 Å². The molecule has 0 amide bonds. The summed E-state index contributed by atoms with van der Waals surface area (Å²) in [6, 6.07) is 8.87. The number of nitro groups is 1. The highest BCUT2D eigenvalue weighted by Gasteiger charge is 2.16. The summed E-state index contributed by atoms with van der Waals surface area (Å²) in [7, 11) is 0. The Morgan fingerprint density at radius 1 is 1.38 bits per heavy atom. The van der Waals surface area contributed by atoms with Gasteiger partial charge in [0.15, 0.2) is 5.75 Å². The lowest BCUT2D eigenvalue weighted by molar-refractivity contribution is -0.386. The van der Waals surface area contributed by atoms with Crippen LogP contribution in [0.5, 0.6) is 5.75 Å². The second-order valence-corrected chi connectivity index (χ2v) is 4.89. The number of nitro benzene ring substituents is 1. The third-order valence-corrected chi connectivity index (χ3v) is 3.01. The van der Waals surface area contributed by atoms with Gasteiger partial charge in [0.05, 0.1) is 10.6 Å². The standard InChI is InChI=1S/C13H9BrN2O5/c14-8-4-5-12(11(6-8)16(19)20)21-7-9-2-1-3-10(15-9)13(17)18/h1-6H,7H2,(H,17,18). The molecule has 2 rings (SSSR count). The zero-order valence-corrected chi connectivity index (χ0v) is 12.1. The molecule has 108 valence electrons. The molecule has 0 saturated heterocycles. The van der Waals surface area contributed by atoms with Crippen molar-refractivity contribution in [2.45, 2.75) is 6.61 Å². The minimum atomic E-state index is -1.15. The Balaban J connectivity index is 2.18. The maximum absolute atomic E-state index is 10.9. The Morgan fingerprint density at radius 3 is 2.81 bits per heavy atom. The molecule has 0 aliphatic heterocycles. The minimum absolute atomic E-state index is 0.0659. The normalized spacial score (nSPS) is 10.1. The van der Waals surface area contributed by atoms with Gasteiger partial charge < -0.3 is 9.84 Å². The van der Waals surface area contributed by atoms with E-state index in [9.17, 15) is 14.9 Å². The lowest BCUT2D eigenvalue weighted by Gasteiger charge is -2.07. The molecular weight excluding hydrogens is 344 g/mol. The average Bonchev–Trinajstić information content (AvgIpc) is 2.46. The Labute approximate surface area is 127 Å². The summed E-state index contributed by atoms with van der Waals surface area (Å²) < 4.78 is 5.92. The van der Waals surface area contributed by atoms with Gasteiger partial charge in [0.25, 0.3) is 0 Å². The van der Waals surface area contributed by atoms with Crippen LogP contribution in [0.1, 0.15) is 16.2 Å². The molecule has 8 heteroatoms. The van der Waals surface area contributed by atoms with Gasteiger partial charge in [-0.15, -0.1) is 0 Å². The Morgan fingerprint density at radius 2 is 2.14 bits per heavy atom. The van der Waals surface area contributed by atoms with E-state index < -0.39 is 10.9 Å². The molecule has 0 saturated carbocycles. The fraction of sp³-hybridized carbons (Fsp3) is 0.0769. The third kappa shape index (κ3) is 3.76.